The molecule has 0 heterocycles. The third kappa shape index (κ3) is 5.60. The zero-order valence-electron chi connectivity index (χ0n) is 11.0. The molecule has 1 unspecified atom stereocenters. The van der Waals surface area contributed by atoms with Crippen LogP contribution in [0.5, 0.6) is 5.75 Å². The number of phenolic OH excluding ortho intramolecular Hbond substituents is 1. The summed E-state index contributed by atoms with van der Waals surface area (Å²) in [6, 6.07) is 2.36. The summed E-state index contributed by atoms with van der Waals surface area (Å²) in [6.07, 6.45) is 0.692. The van der Waals surface area contributed by atoms with Gasteiger partial charge in [-0.3, -0.25) is 4.79 Å². The molecular formula is C12H14ClNO6S. The highest BCUT2D eigenvalue weighted by Crippen LogP contribution is 2.21. The molecule has 0 radical (unpaired) electrons. The molecule has 0 aromatic heterocycles. The van der Waals surface area contributed by atoms with E-state index in [-0.39, 0.29) is 28.5 Å². The molecule has 1 atom stereocenters. The van der Waals surface area contributed by atoms with E-state index in [2.05, 4.69) is 5.32 Å². The van der Waals surface area contributed by atoms with Gasteiger partial charge in [0.1, 0.15) is 21.6 Å². The van der Waals surface area contributed by atoms with E-state index in [0.29, 0.717) is 0 Å². The maximum absolute atomic E-state index is 11.9. The maximum Gasteiger partial charge on any atom is 0.326 e. The lowest BCUT2D eigenvalue weighted by atomic mass is 10.1. The third-order valence-corrected chi connectivity index (χ3v) is 3.80. The van der Waals surface area contributed by atoms with E-state index in [4.69, 9.17) is 16.7 Å². The van der Waals surface area contributed by atoms with Gasteiger partial charge in [-0.15, -0.1) is 0 Å². The Kier molecular flexibility index (Phi) is 5.56. The van der Waals surface area contributed by atoms with E-state index in [1.807, 2.05) is 0 Å². The zero-order chi connectivity index (χ0) is 16.2. The summed E-state index contributed by atoms with van der Waals surface area (Å²) in [6.45, 7) is 0. The monoisotopic (exact) mass is 335 g/mol. The summed E-state index contributed by atoms with van der Waals surface area (Å²) in [5.41, 5.74) is -0.187. The molecule has 0 fully saturated rings. The fraction of sp³-hybridized carbons (Fsp3) is 0.333. The van der Waals surface area contributed by atoms with Gasteiger partial charge < -0.3 is 15.5 Å². The van der Waals surface area contributed by atoms with Crippen molar-refractivity contribution in [3.8, 4) is 5.75 Å². The van der Waals surface area contributed by atoms with Crippen molar-refractivity contribution in [3.63, 3.8) is 0 Å². The highest BCUT2D eigenvalue weighted by molar-refractivity contribution is 7.90. The standard InChI is InChI=1S/C12H14ClNO6S/c1-21(19,20)5-4-9(12(17)18)14-11(16)8-6-7(13)2-3-10(8)15/h2-3,6,9,15H,4-5H2,1H3,(H,14,16)(H,17,18). The smallest absolute Gasteiger partial charge is 0.326 e. The summed E-state index contributed by atoms with van der Waals surface area (Å²) in [4.78, 5) is 23.0. The van der Waals surface area contributed by atoms with Crippen molar-refractivity contribution >= 4 is 33.3 Å². The highest BCUT2D eigenvalue weighted by Gasteiger charge is 2.23. The number of aliphatic carboxylic acids is 1. The molecule has 116 valence electrons. The predicted octanol–water partition coefficient (Wildman–Crippen LogP) is 0.663. The van der Waals surface area contributed by atoms with Gasteiger partial charge in [0, 0.05) is 11.3 Å². The Bertz CT molecular complexity index is 658. The van der Waals surface area contributed by atoms with Crippen LogP contribution in [0.2, 0.25) is 5.02 Å². The Morgan fingerprint density at radius 2 is 2.00 bits per heavy atom. The summed E-state index contributed by atoms with van der Waals surface area (Å²) in [7, 11) is -3.35. The van der Waals surface area contributed by atoms with Crippen molar-refractivity contribution in [1.29, 1.82) is 0 Å². The number of nitrogens with one attached hydrogen (secondary N) is 1. The zero-order valence-corrected chi connectivity index (χ0v) is 12.6. The third-order valence-electron chi connectivity index (χ3n) is 2.58. The van der Waals surface area contributed by atoms with Crippen molar-refractivity contribution in [2.75, 3.05) is 12.0 Å². The van der Waals surface area contributed by atoms with E-state index in [1.165, 1.54) is 18.2 Å². The number of halogens is 1. The Labute approximate surface area is 126 Å². The molecule has 21 heavy (non-hydrogen) atoms. The van der Waals surface area contributed by atoms with Crippen molar-refractivity contribution in [2.24, 2.45) is 0 Å². The lowest BCUT2D eigenvalue weighted by molar-refractivity contribution is -0.139. The minimum Gasteiger partial charge on any atom is -0.507 e. The number of rotatable bonds is 6. The molecule has 3 N–H and O–H groups in total. The van der Waals surface area contributed by atoms with Crippen LogP contribution in [0, 0.1) is 0 Å². The van der Waals surface area contributed by atoms with Crippen LogP contribution in [0.15, 0.2) is 18.2 Å². The maximum atomic E-state index is 11.9. The van der Waals surface area contributed by atoms with Crippen molar-refractivity contribution in [1.82, 2.24) is 5.32 Å². The number of carbonyl (C=O) groups is 2. The van der Waals surface area contributed by atoms with Crippen LogP contribution in [0.25, 0.3) is 0 Å². The lowest BCUT2D eigenvalue weighted by Crippen LogP contribution is -2.41. The molecule has 0 aliphatic rings. The summed E-state index contributed by atoms with van der Waals surface area (Å²) in [5, 5.41) is 20.9. The van der Waals surface area contributed by atoms with Gasteiger partial charge in [-0.05, 0) is 24.6 Å². The van der Waals surface area contributed by atoms with Gasteiger partial charge in [0.25, 0.3) is 5.91 Å². The molecule has 1 amide bonds. The van der Waals surface area contributed by atoms with E-state index >= 15 is 0 Å². The van der Waals surface area contributed by atoms with Gasteiger partial charge >= 0.3 is 5.97 Å². The molecule has 1 rings (SSSR count). The van der Waals surface area contributed by atoms with Crippen LogP contribution in [0.4, 0.5) is 0 Å². The number of hydrogen-bond donors (Lipinski definition) is 3. The van der Waals surface area contributed by atoms with Gasteiger partial charge in [-0.25, -0.2) is 13.2 Å². The number of phenols is 1. The number of benzene rings is 1. The van der Waals surface area contributed by atoms with Gasteiger partial charge in [0.15, 0.2) is 0 Å². The molecule has 0 saturated carbocycles. The Morgan fingerprint density at radius 3 is 2.52 bits per heavy atom. The first-order valence-corrected chi connectivity index (χ1v) is 8.24. The molecule has 0 aliphatic carbocycles. The van der Waals surface area contributed by atoms with Crippen LogP contribution in [0.1, 0.15) is 16.8 Å². The first-order valence-electron chi connectivity index (χ1n) is 5.80. The van der Waals surface area contributed by atoms with E-state index in [0.717, 1.165) is 6.26 Å². The van der Waals surface area contributed by atoms with Gasteiger partial charge in [-0.2, -0.15) is 0 Å². The first kappa shape index (κ1) is 17.3. The Hall–Kier alpha value is -1.80. The highest BCUT2D eigenvalue weighted by atomic mass is 35.5. The fourth-order valence-electron chi connectivity index (χ4n) is 1.52. The summed E-state index contributed by atoms with van der Waals surface area (Å²) < 4.78 is 22.1. The van der Waals surface area contributed by atoms with Crippen LogP contribution >= 0.6 is 11.6 Å². The minimum absolute atomic E-state index is 0.187. The molecule has 0 saturated heterocycles. The number of aromatic hydroxyl groups is 1. The number of sulfone groups is 1. The number of carbonyl (C=O) groups excluding carboxylic acids is 1. The Balaban J connectivity index is 2.86. The fourth-order valence-corrected chi connectivity index (χ4v) is 2.35. The number of carboxylic acid groups (broad SMARTS) is 1. The number of amides is 1. The van der Waals surface area contributed by atoms with E-state index in [1.54, 1.807) is 0 Å². The van der Waals surface area contributed by atoms with Crippen LogP contribution < -0.4 is 5.32 Å². The molecule has 0 spiro atoms. The van der Waals surface area contributed by atoms with Crippen molar-refractivity contribution in [2.45, 2.75) is 12.5 Å². The largest absolute Gasteiger partial charge is 0.507 e. The molecule has 1 aromatic carbocycles. The second kappa shape index (κ2) is 6.77. The summed E-state index contributed by atoms with van der Waals surface area (Å²) in [5.74, 6) is -2.96. The average molecular weight is 336 g/mol. The van der Waals surface area contributed by atoms with Crippen LogP contribution in [-0.2, 0) is 14.6 Å². The topological polar surface area (TPSA) is 121 Å². The van der Waals surface area contributed by atoms with E-state index in [9.17, 15) is 23.1 Å². The SMILES string of the molecule is CS(=O)(=O)CCC(NC(=O)c1cc(Cl)ccc1O)C(=O)O. The molecule has 0 bridgehead atoms. The number of hydrogen-bond acceptors (Lipinski definition) is 5. The second-order valence-corrected chi connectivity index (χ2v) is 7.14. The van der Waals surface area contributed by atoms with Crippen LogP contribution in [-0.4, -0.2) is 48.6 Å². The molecule has 0 aliphatic heterocycles. The summed E-state index contributed by atoms with van der Waals surface area (Å²) >= 11 is 5.69. The van der Waals surface area contributed by atoms with Gasteiger partial charge in [0.05, 0.1) is 11.3 Å². The average Bonchev–Trinajstić information content (AvgIpc) is 2.35. The molecule has 1 aromatic rings. The van der Waals surface area contributed by atoms with E-state index < -0.39 is 27.8 Å². The van der Waals surface area contributed by atoms with Gasteiger partial charge in [-0.1, -0.05) is 11.6 Å². The normalized spacial score (nSPS) is 12.7. The Morgan fingerprint density at radius 1 is 1.38 bits per heavy atom. The quantitative estimate of drug-likeness (QED) is 0.702. The van der Waals surface area contributed by atoms with Crippen molar-refractivity contribution < 1.29 is 28.2 Å². The predicted molar refractivity (Wildman–Crippen MR) is 76.3 cm³/mol. The number of carboxylic acids is 1. The van der Waals surface area contributed by atoms with Crippen molar-refractivity contribution in [3.05, 3.63) is 28.8 Å². The lowest BCUT2D eigenvalue weighted by Gasteiger charge is -2.14. The van der Waals surface area contributed by atoms with Gasteiger partial charge in [0.2, 0.25) is 0 Å². The second-order valence-electron chi connectivity index (χ2n) is 4.44. The van der Waals surface area contributed by atoms with Crippen LogP contribution in [0.3, 0.4) is 0 Å². The first-order chi connectivity index (χ1) is 9.60. The minimum atomic E-state index is -3.35. The molecule has 9 heteroatoms. The molecular weight excluding hydrogens is 322 g/mol. The molecule has 7 nitrogen and oxygen atoms in total.